The van der Waals surface area contributed by atoms with Gasteiger partial charge < -0.3 is 9.84 Å². The zero-order valence-corrected chi connectivity index (χ0v) is 9.58. The summed E-state index contributed by atoms with van der Waals surface area (Å²) in [7, 11) is 0. The highest BCUT2D eigenvalue weighted by molar-refractivity contribution is 5.46. The lowest BCUT2D eigenvalue weighted by Crippen LogP contribution is -2.32. The Kier molecular flexibility index (Phi) is 2.37. The third-order valence-electron chi connectivity index (χ3n) is 3.47. The topological polar surface area (TPSA) is 29.5 Å². The lowest BCUT2D eigenvalue weighted by atomic mass is 9.84. The minimum absolute atomic E-state index is 0.106. The third-order valence-corrected chi connectivity index (χ3v) is 3.47. The number of phenolic OH excluding ortho intramolecular Hbond substituents is 1. The average Bonchev–Trinajstić information content (AvgIpc) is 2.39. The molecule has 1 heterocycles. The van der Waals surface area contributed by atoms with E-state index < -0.39 is 0 Å². The number of ether oxygens (including phenoxy) is 1. The van der Waals surface area contributed by atoms with E-state index >= 15 is 0 Å². The molecule has 1 aromatic carbocycles. The van der Waals surface area contributed by atoms with Gasteiger partial charge in [0.2, 0.25) is 0 Å². The first-order valence-corrected chi connectivity index (χ1v) is 5.59. The maximum atomic E-state index is 9.40. The second-order valence-corrected chi connectivity index (χ2v) is 4.61. The molecule has 0 aromatic heterocycles. The van der Waals surface area contributed by atoms with Crippen LogP contribution < -0.4 is 4.74 Å². The number of benzene rings is 1. The van der Waals surface area contributed by atoms with Crippen LogP contribution in [0.3, 0.4) is 0 Å². The maximum Gasteiger partial charge on any atom is 0.127 e. The van der Waals surface area contributed by atoms with Crippen LogP contribution in [0.1, 0.15) is 45.1 Å². The van der Waals surface area contributed by atoms with E-state index in [9.17, 15) is 5.11 Å². The quantitative estimate of drug-likeness (QED) is 0.803. The fourth-order valence-corrected chi connectivity index (χ4v) is 2.40. The lowest BCUT2D eigenvalue weighted by molar-refractivity contribution is 0.0829. The van der Waals surface area contributed by atoms with Gasteiger partial charge in [-0.3, -0.25) is 0 Å². The molecule has 0 radical (unpaired) electrons. The van der Waals surface area contributed by atoms with Gasteiger partial charge in [0.25, 0.3) is 0 Å². The zero-order chi connectivity index (χ0) is 11.1. The van der Waals surface area contributed by atoms with Crippen LogP contribution in [-0.4, -0.2) is 10.7 Å². The third kappa shape index (κ3) is 1.58. The number of aromatic hydroxyl groups is 1. The average molecular weight is 206 g/mol. The SMILES string of the molecule is CCCC1(C)Oc2cc(O)ccc2C1C. The van der Waals surface area contributed by atoms with E-state index in [0.29, 0.717) is 5.92 Å². The van der Waals surface area contributed by atoms with Gasteiger partial charge in [-0.1, -0.05) is 26.3 Å². The molecule has 0 saturated heterocycles. The normalized spacial score (nSPS) is 28.6. The number of phenols is 1. The molecule has 2 nitrogen and oxygen atoms in total. The summed E-state index contributed by atoms with van der Waals surface area (Å²) in [6.45, 7) is 6.51. The van der Waals surface area contributed by atoms with Gasteiger partial charge in [-0.25, -0.2) is 0 Å². The van der Waals surface area contributed by atoms with Crippen molar-refractivity contribution in [2.45, 2.75) is 45.1 Å². The van der Waals surface area contributed by atoms with Crippen molar-refractivity contribution in [1.82, 2.24) is 0 Å². The van der Waals surface area contributed by atoms with Crippen molar-refractivity contribution in [1.29, 1.82) is 0 Å². The molecule has 1 aliphatic heterocycles. The van der Waals surface area contributed by atoms with Gasteiger partial charge in [-0.2, -0.15) is 0 Å². The molecule has 1 N–H and O–H groups in total. The van der Waals surface area contributed by atoms with Gasteiger partial charge >= 0.3 is 0 Å². The predicted molar refractivity (Wildman–Crippen MR) is 60.5 cm³/mol. The molecule has 1 aromatic rings. The van der Waals surface area contributed by atoms with E-state index in [-0.39, 0.29) is 11.4 Å². The van der Waals surface area contributed by atoms with Crippen LogP contribution in [0.2, 0.25) is 0 Å². The number of fused-ring (bicyclic) bond motifs is 1. The van der Waals surface area contributed by atoms with E-state index in [1.54, 1.807) is 12.1 Å². The summed E-state index contributed by atoms with van der Waals surface area (Å²) in [4.78, 5) is 0. The Morgan fingerprint density at radius 3 is 2.87 bits per heavy atom. The van der Waals surface area contributed by atoms with E-state index in [2.05, 4.69) is 20.8 Å². The second kappa shape index (κ2) is 3.44. The minimum Gasteiger partial charge on any atom is -0.508 e. The summed E-state index contributed by atoms with van der Waals surface area (Å²) >= 11 is 0. The Balaban J connectivity index is 2.36. The molecule has 0 fully saturated rings. The fraction of sp³-hybridized carbons (Fsp3) is 0.538. The molecule has 2 heteroatoms. The standard InChI is InChI=1S/C13H18O2/c1-4-7-13(3)9(2)11-6-5-10(14)8-12(11)15-13/h5-6,8-9,14H,4,7H2,1-3H3. The van der Waals surface area contributed by atoms with Crippen LogP contribution in [0.15, 0.2) is 18.2 Å². The number of hydrogen-bond acceptors (Lipinski definition) is 2. The van der Waals surface area contributed by atoms with Crippen molar-refractivity contribution < 1.29 is 9.84 Å². The summed E-state index contributed by atoms with van der Waals surface area (Å²) in [5, 5.41) is 9.40. The highest BCUT2D eigenvalue weighted by Gasteiger charge is 2.41. The van der Waals surface area contributed by atoms with Gasteiger partial charge in [0.05, 0.1) is 0 Å². The van der Waals surface area contributed by atoms with Crippen molar-refractivity contribution in [2.75, 3.05) is 0 Å². The van der Waals surface area contributed by atoms with E-state index in [1.807, 2.05) is 6.07 Å². The van der Waals surface area contributed by atoms with Crippen molar-refractivity contribution in [2.24, 2.45) is 0 Å². The van der Waals surface area contributed by atoms with Gasteiger partial charge in [-0.05, 0) is 19.4 Å². The first-order chi connectivity index (χ1) is 7.07. The van der Waals surface area contributed by atoms with Crippen LogP contribution in [0, 0.1) is 0 Å². The van der Waals surface area contributed by atoms with E-state index in [4.69, 9.17) is 4.74 Å². The molecule has 2 unspecified atom stereocenters. The van der Waals surface area contributed by atoms with Crippen molar-refractivity contribution in [3.8, 4) is 11.5 Å². The molecule has 0 saturated carbocycles. The van der Waals surface area contributed by atoms with Gasteiger partial charge in [-0.15, -0.1) is 0 Å². The second-order valence-electron chi connectivity index (χ2n) is 4.61. The molecular formula is C13H18O2. The summed E-state index contributed by atoms with van der Waals surface area (Å²) in [6.07, 6.45) is 2.16. The molecule has 0 bridgehead atoms. The Hall–Kier alpha value is -1.18. The van der Waals surface area contributed by atoms with Crippen LogP contribution >= 0.6 is 0 Å². The minimum atomic E-state index is -0.106. The summed E-state index contributed by atoms with van der Waals surface area (Å²) in [5.74, 6) is 1.52. The first-order valence-electron chi connectivity index (χ1n) is 5.59. The van der Waals surface area contributed by atoms with Crippen LogP contribution in [0.4, 0.5) is 0 Å². The van der Waals surface area contributed by atoms with Gasteiger partial charge in [0.15, 0.2) is 0 Å². The van der Waals surface area contributed by atoms with Crippen molar-refractivity contribution in [3.05, 3.63) is 23.8 Å². The Labute approximate surface area is 90.9 Å². The summed E-state index contributed by atoms with van der Waals surface area (Å²) < 4.78 is 5.97. The van der Waals surface area contributed by atoms with E-state index in [1.165, 1.54) is 5.56 Å². The molecule has 15 heavy (non-hydrogen) atoms. The first kappa shape index (κ1) is 10.3. The molecule has 2 rings (SSSR count). The summed E-state index contributed by atoms with van der Waals surface area (Å²) in [5.41, 5.74) is 1.11. The van der Waals surface area contributed by atoms with Crippen LogP contribution in [0.5, 0.6) is 11.5 Å². The monoisotopic (exact) mass is 206 g/mol. The number of rotatable bonds is 2. The highest BCUT2D eigenvalue weighted by atomic mass is 16.5. The highest BCUT2D eigenvalue weighted by Crippen LogP contribution is 2.47. The molecule has 1 aliphatic rings. The Bertz CT molecular complexity index is 373. The van der Waals surface area contributed by atoms with Crippen molar-refractivity contribution >= 4 is 0 Å². The smallest absolute Gasteiger partial charge is 0.127 e. The van der Waals surface area contributed by atoms with Gasteiger partial charge in [0.1, 0.15) is 17.1 Å². The van der Waals surface area contributed by atoms with Crippen LogP contribution in [-0.2, 0) is 0 Å². The molecule has 0 spiro atoms. The predicted octanol–water partition coefficient (Wildman–Crippen LogP) is 3.45. The summed E-state index contributed by atoms with van der Waals surface area (Å²) in [6, 6.07) is 5.42. The molecule has 0 amide bonds. The maximum absolute atomic E-state index is 9.40. The molecule has 82 valence electrons. The Morgan fingerprint density at radius 2 is 2.20 bits per heavy atom. The van der Waals surface area contributed by atoms with E-state index in [0.717, 1.165) is 18.6 Å². The zero-order valence-electron chi connectivity index (χ0n) is 9.58. The lowest BCUT2D eigenvalue weighted by Gasteiger charge is -2.28. The molecule has 0 aliphatic carbocycles. The Morgan fingerprint density at radius 1 is 1.47 bits per heavy atom. The number of hydrogen-bond donors (Lipinski definition) is 1. The van der Waals surface area contributed by atoms with Gasteiger partial charge in [0, 0.05) is 17.5 Å². The molecular weight excluding hydrogens is 188 g/mol. The largest absolute Gasteiger partial charge is 0.508 e. The molecule has 2 atom stereocenters. The van der Waals surface area contributed by atoms with Crippen molar-refractivity contribution in [3.63, 3.8) is 0 Å². The van der Waals surface area contributed by atoms with Crippen LogP contribution in [0.25, 0.3) is 0 Å². The fourth-order valence-electron chi connectivity index (χ4n) is 2.40.